The molecule has 0 fully saturated rings. The molecular formula is C25H27Cl2N5O3. The molecule has 0 bridgehead atoms. The molecule has 0 saturated heterocycles. The summed E-state index contributed by atoms with van der Waals surface area (Å²) in [5, 5.41) is 4.59. The monoisotopic (exact) mass is 515 g/mol. The van der Waals surface area contributed by atoms with Crippen molar-refractivity contribution in [2.75, 3.05) is 39.7 Å². The van der Waals surface area contributed by atoms with E-state index in [2.05, 4.69) is 20.2 Å². The molecule has 1 N–H and O–H groups in total. The van der Waals surface area contributed by atoms with Crippen molar-refractivity contribution in [3.05, 3.63) is 75.1 Å². The number of pyridine rings is 1. The van der Waals surface area contributed by atoms with Crippen molar-refractivity contribution in [1.29, 1.82) is 0 Å². The highest BCUT2D eigenvalue weighted by Gasteiger charge is 2.16. The predicted octanol–water partition coefficient (Wildman–Crippen LogP) is 5.14. The maximum absolute atomic E-state index is 13.1. The summed E-state index contributed by atoms with van der Waals surface area (Å²) in [6.07, 6.45) is 1.62. The van der Waals surface area contributed by atoms with Crippen LogP contribution in [-0.4, -0.2) is 54.0 Å². The zero-order valence-electron chi connectivity index (χ0n) is 18.9. The lowest BCUT2D eigenvalue weighted by atomic mass is 10.1. The van der Waals surface area contributed by atoms with Gasteiger partial charge in [0.2, 0.25) is 5.95 Å². The molecule has 0 aliphatic rings. The van der Waals surface area contributed by atoms with Crippen LogP contribution in [0, 0.1) is 0 Å². The van der Waals surface area contributed by atoms with Crippen LogP contribution in [0.25, 0.3) is 22.2 Å². The van der Waals surface area contributed by atoms with E-state index >= 15 is 0 Å². The van der Waals surface area contributed by atoms with Crippen LogP contribution < -0.4 is 20.5 Å². The second-order valence-electron chi connectivity index (χ2n) is 7.74. The highest BCUT2D eigenvalue weighted by Crippen LogP contribution is 2.30. The summed E-state index contributed by atoms with van der Waals surface area (Å²) < 4.78 is 6.83. The van der Waals surface area contributed by atoms with E-state index in [1.807, 2.05) is 38.4 Å². The van der Waals surface area contributed by atoms with Crippen molar-refractivity contribution in [1.82, 2.24) is 19.6 Å². The number of halogens is 2. The summed E-state index contributed by atoms with van der Waals surface area (Å²) in [4.78, 5) is 29.4. The number of likely N-dealkylation sites (N-methyl/N-ethyl adjacent to an activating group) is 1. The molecule has 4 aromatic rings. The van der Waals surface area contributed by atoms with Crippen LogP contribution in [0.5, 0.6) is 5.75 Å². The minimum absolute atomic E-state index is 0. The van der Waals surface area contributed by atoms with Crippen LogP contribution in [0.1, 0.15) is 7.43 Å². The quantitative estimate of drug-likeness (QED) is 0.347. The van der Waals surface area contributed by atoms with Gasteiger partial charge in [-0.25, -0.2) is 4.98 Å². The Morgan fingerprint density at radius 1 is 1.06 bits per heavy atom. The number of hydrogen-bond donors (Lipinski definition) is 1. The Morgan fingerprint density at radius 2 is 1.80 bits per heavy atom. The van der Waals surface area contributed by atoms with Crippen LogP contribution in [-0.2, 0) is 0 Å². The van der Waals surface area contributed by atoms with Crippen molar-refractivity contribution in [3.63, 3.8) is 0 Å². The van der Waals surface area contributed by atoms with Gasteiger partial charge in [-0.05, 0) is 56.6 Å². The first kappa shape index (κ1) is 26.3. The summed E-state index contributed by atoms with van der Waals surface area (Å²) in [5.41, 5.74) is 1.59. The van der Waals surface area contributed by atoms with Gasteiger partial charge in [0.05, 0.1) is 10.6 Å². The molecule has 10 heteroatoms. The Hall–Kier alpha value is -3.33. The van der Waals surface area contributed by atoms with Gasteiger partial charge in [0, 0.05) is 34.4 Å². The van der Waals surface area contributed by atoms with Crippen LogP contribution in [0.4, 0.5) is 11.6 Å². The molecule has 184 valence electrons. The SMILES string of the molecule is C.COn1c(=O)c(-c2ccc(Cl)cc2Cl)cc2cnc(Nc3ccc(OCCN(C)C)cc3)nc21. The largest absolute Gasteiger partial charge is 0.492 e. The van der Waals surface area contributed by atoms with Gasteiger partial charge in [-0.15, -0.1) is 4.73 Å². The van der Waals surface area contributed by atoms with Gasteiger partial charge in [0.15, 0.2) is 5.65 Å². The van der Waals surface area contributed by atoms with E-state index in [0.29, 0.717) is 44.8 Å². The molecule has 0 amide bonds. The lowest BCUT2D eigenvalue weighted by molar-refractivity contribution is 0.168. The van der Waals surface area contributed by atoms with Crippen molar-refractivity contribution >= 4 is 45.9 Å². The van der Waals surface area contributed by atoms with E-state index in [4.69, 9.17) is 32.8 Å². The van der Waals surface area contributed by atoms with Crippen molar-refractivity contribution in [2.24, 2.45) is 0 Å². The minimum Gasteiger partial charge on any atom is -0.492 e. The second-order valence-corrected chi connectivity index (χ2v) is 8.58. The Balaban J connectivity index is 0.00000342. The smallest absolute Gasteiger partial charge is 0.293 e. The molecule has 0 saturated carbocycles. The molecule has 0 aliphatic heterocycles. The van der Waals surface area contributed by atoms with Gasteiger partial charge in [-0.1, -0.05) is 36.7 Å². The lowest BCUT2D eigenvalue weighted by Crippen LogP contribution is -2.27. The number of nitrogens with zero attached hydrogens (tertiary/aromatic N) is 4. The van der Waals surface area contributed by atoms with E-state index in [9.17, 15) is 4.79 Å². The number of aromatic nitrogens is 3. The Morgan fingerprint density at radius 3 is 2.46 bits per heavy atom. The number of ether oxygens (including phenoxy) is 1. The normalized spacial score (nSPS) is 10.8. The first-order valence-electron chi connectivity index (χ1n) is 10.4. The topological polar surface area (TPSA) is 81.5 Å². The molecule has 0 atom stereocenters. The molecule has 0 aliphatic carbocycles. The first-order chi connectivity index (χ1) is 16.4. The van der Waals surface area contributed by atoms with Gasteiger partial charge in [0.25, 0.3) is 5.56 Å². The number of rotatable bonds is 8. The Bertz CT molecular complexity index is 1370. The summed E-state index contributed by atoms with van der Waals surface area (Å²) in [6.45, 7) is 1.43. The Kier molecular flexibility index (Phi) is 8.56. The fourth-order valence-corrected chi connectivity index (χ4v) is 3.82. The zero-order chi connectivity index (χ0) is 24.2. The maximum atomic E-state index is 13.1. The highest BCUT2D eigenvalue weighted by molar-refractivity contribution is 6.36. The number of fused-ring (bicyclic) bond motifs is 1. The van der Waals surface area contributed by atoms with Crippen LogP contribution >= 0.6 is 23.2 Å². The number of anilines is 2. The molecule has 8 nitrogen and oxygen atoms in total. The molecule has 35 heavy (non-hydrogen) atoms. The summed E-state index contributed by atoms with van der Waals surface area (Å²) in [5.74, 6) is 1.09. The standard InChI is InChI=1S/C24H23Cl2N5O3.CH4/c1-30(2)10-11-34-18-7-5-17(6-8-18)28-24-27-14-15-12-20(19-9-4-16(25)13-21(19)26)23(32)31(33-3)22(15)29-24;/h4-9,12-14H,10-11H2,1-3H3,(H,27,28,29);1H4. The number of hydrogen-bond acceptors (Lipinski definition) is 7. The zero-order valence-corrected chi connectivity index (χ0v) is 20.4. The van der Waals surface area contributed by atoms with E-state index in [-0.39, 0.29) is 7.43 Å². The van der Waals surface area contributed by atoms with Crippen molar-refractivity contribution < 1.29 is 9.57 Å². The van der Waals surface area contributed by atoms with Crippen LogP contribution in [0.15, 0.2) is 59.5 Å². The third-order valence-corrected chi connectivity index (χ3v) is 5.57. The molecular weight excluding hydrogens is 489 g/mol. The van der Waals surface area contributed by atoms with Gasteiger partial charge >= 0.3 is 0 Å². The summed E-state index contributed by atoms with van der Waals surface area (Å²) in [6, 6.07) is 14.1. The molecule has 4 rings (SSSR count). The third-order valence-electron chi connectivity index (χ3n) is 5.02. The van der Waals surface area contributed by atoms with Gasteiger partial charge in [0.1, 0.15) is 19.5 Å². The van der Waals surface area contributed by atoms with Gasteiger partial charge in [-0.3, -0.25) is 4.79 Å². The fraction of sp³-hybridized carbons (Fsp3) is 0.240. The summed E-state index contributed by atoms with van der Waals surface area (Å²) >= 11 is 12.3. The average Bonchev–Trinajstić information content (AvgIpc) is 2.80. The van der Waals surface area contributed by atoms with Gasteiger partial charge in [-0.2, -0.15) is 4.98 Å². The van der Waals surface area contributed by atoms with E-state index in [0.717, 1.165) is 22.7 Å². The molecule has 2 aromatic carbocycles. The van der Waals surface area contributed by atoms with E-state index in [1.165, 1.54) is 7.11 Å². The number of benzene rings is 2. The van der Waals surface area contributed by atoms with E-state index in [1.54, 1.807) is 30.5 Å². The summed E-state index contributed by atoms with van der Waals surface area (Å²) in [7, 11) is 5.39. The van der Waals surface area contributed by atoms with Crippen LogP contribution in [0.2, 0.25) is 10.0 Å². The first-order valence-corrected chi connectivity index (χ1v) is 11.2. The molecule has 0 unspecified atom stereocenters. The average molecular weight is 516 g/mol. The highest BCUT2D eigenvalue weighted by atomic mass is 35.5. The third kappa shape index (κ3) is 6.03. The lowest BCUT2D eigenvalue weighted by Gasteiger charge is -2.13. The Labute approximate surface area is 214 Å². The van der Waals surface area contributed by atoms with Gasteiger partial charge < -0.3 is 19.8 Å². The second kappa shape index (κ2) is 11.4. The molecule has 2 aromatic heterocycles. The minimum atomic E-state index is -0.400. The van der Waals surface area contributed by atoms with Crippen LogP contribution in [0.3, 0.4) is 0 Å². The number of nitrogens with one attached hydrogen (secondary N) is 1. The molecule has 2 heterocycles. The predicted molar refractivity (Wildman–Crippen MR) is 142 cm³/mol. The molecule has 0 radical (unpaired) electrons. The van der Waals surface area contributed by atoms with E-state index < -0.39 is 5.56 Å². The van der Waals surface area contributed by atoms with Crippen molar-refractivity contribution in [3.8, 4) is 16.9 Å². The molecule has 0 spiro atoms. The maximum Gasteiger partial charge on any atom is 0.293 e. The fourth-order valence-electron chi connectivity index (χ4n) is 3.31. The van der Waals surface area contributed by atoms with Crippen molar-refractivity contribution in [2.45, 2.75) is 7.43 Å².